The molecule has 6 nitrogen and oxygen atoms in total. The van der Waals surface area contributed by atoms with E-state index in [1.807, 2.05) is 11.7 Å². The van der Waals surface area contributed by atoms with Gasteiger partial charge in [-0.25, -0.2) is 9.67 Å². The summed E-state index contributed by atoms with van der Waals surface area (Å²) in [7, 11) is 1.97. The highest BCUT2D eigenvalue weighted by molar-refractivity contribution is 7.22. The quantitative estimate of drug-likeness (QED) is 0.846. The fourth-order valence-corrected chi connectivity index (χ4v) is 5.36. The minimum absolute atomic E-state index is 0.255. The third-order valence-electron chi connectivity index (χ3n) is 5.83. The Bertz CT molecular complexity index is 676. The summed E-state index contributed by atoms with van der Waals surface area (Å²) in [6.45, 7) is 6.90. The van der Waals surface area contributed by atoms with Crippen molar-refractivity contribution < 1.29 is 4.74 Å². The van der Waals surface area contributed by atoms with Gasteiger partial charge in [-0.15, -0.1) is 0 Å². The van der Waals surface area contributed by atoms with Gasteiger partial charge in [0.15, 0.2) is 10.8 Å². The minimum atomic E-state index is 0.255. The third kappa shape index (κ3) is 3.41. The van der Waals surface area contributed by atoms with Crippen molar-refractivity contribution in [3.63, 3.8) is 0 Å². The summed E-state index contributed by atoms with van der Waals surface area (Å²) < 4.78 is 8.69. The van der Waals surface area contributed by atoms with Gasteiger partial charge in [-0.2, -0.15) is 5.10 Å². The molecule has 0 bridgehead atoms. The van der Waals surface area contributed by atoms with Gasteiger partial charge in [-0.3, -0.25) is 4.90 Å². The molecule has 0 atom stereocenters. The molecule has 0 radical (unpaired) electrons. The van der Waals surface area contributed by atoms with E-state index in [1.54, 1.807) is 11.3 Å². The molecule has 2 aromatic heterocycles. The highest BCUT2D eigenvalue weighted by atomic mass is 32.1. The van der Waals surface area contributed by atoms with Crippen LogP contribution in [-0.4, -0.2) is 58.1 Å². The molecule has 1 N–H and O–H groups in total. The van der Waals surface area contributed by atoms with Gasteiger partial charge in [0, 0.05) is 32.2 Å². The van der Waals surface area contributed by atoms with Crippen molar-refractivity contribution >= 4 is 26.8 Å². The van der Waals surface area contributed by atoms with Crippen LogP contribution < -0.4 is 5.32 Å². The number of nitrogens with zero attached hydrogens (tertiary/aromatic N) is 4. The average molecular weight is 364 g/mol. The van der Waals surface area contributed by atoms with Gasteiger partial charge in [0.2, 0.25) is 0 Å². The summed E-state index contributed by atoms with van der Waals surface area (Å²) in [4.78, 5) is 7.47. The summed E-state index contributed by atoms with van der Waals surface area (Å²) >= 11 is 1.74. The first kappa shape index (κ1) is 17.2. The van der Waals surface area contributed by atoms with Crippen molar-refractivity contribution in [2.75, 3.05) is 38.2 Å². The summed E-state index contributed by atoms with van der Waals surface area (Å²) in [6, 6.07) is 0. The van der Waals surface area contributed by atoms with Crippen LogP contribution in [0.1, 0.15) is 44.2 Å². The first-order valence-electron chi connectivity index (χ1n) is 9.55. The van der Waals surface area contributed by atoms with Gasteiger partial charge < -0.3 is 10.1 Å². The Labute approximate surface area is 153 Å². The molecule has 0 aromatic carbocycles. The fourth-order valence-electron chi connectivity index (χ4n) is 4.43. The van der Waals surface area contributed by atoms with E-state index in [9.17, 15) is 0 Å². The first-order valence-corrected chi connectivity index (χ1v) is 10.4. The number of aromatic nitrogens is 3. The van der Waals surface area contributed by atoms with Gasteiger partial charge in [0.05, 0.1) is 23.6 Å². The predicted molar refractivity (Wildman–Crippen MR) is 102 cm³/mol. The van der Waals surface area contributed by atoms with E-state index in [-0.39, 0.29) is 5.54 Å². The van der Waals surface area contributed by atoms with E-state index in [2.05, 4.69) is 22.2 Å². The number of nitrogens with one attached hydrogen (secondary N) is 1. The fraction of sp³-hybridized carbons (Fsp3) is 0.778. The number of rotatable bonds is 4. The van der Waals surface area contributed by atoms with Crippen LogP contribution in [-0.2, 0) is 11.8 Å². The van der Waals surface area contributed by atoms with Gasteiger partial charge in [-0.05, 0) is 19.8 Å². The number of thiazole rings is 1. The van der Waals surface area contributed by atoms with Crippen LogP contribution in [0.15, 0.2) is 0 Å². The van der Waals surface area contributed by atoms with Crippen molar-refractivity contribution in [2.45, 2.75) is 51.0 Å². The molecule has 1 aliphatic carbocycles. The second-order valence-corrected chi connectivity index (χ2v) is 8.47. The van der Waals surface area contributed by atoms with Gasteiger partial charge in [-0.1, -0.05) is 37.0 Å². The SMILES string of the molecule is Cc1nn(C)c2nc(NCC3(N4CCOCC4)CCCCCC3)sc12. The molecule has 0 unspecified atom stereocenters. The van der Waals surface area contributed by atoms with Crippen LogP contribution in [0.3, 0.4) is 0 Å². The summed E-state index contributed by atoms with van der Waals surface area (Å²) in [5.74, 6) is 0. The molecular formula is C18H29N5OS. The Morgan fingerprint density at radius 1 is 1.16 bits per heavy atom. The molecule has 3 heterocycles. The maximum Gasteiger partial charge on any atom is 0.185 e. The van der Waals surface area contributed by atoms with E-state index in [0.717, 1.165) is 49.3 Å². The van der Waals surface area contributed by atoms with Gasteiger partial charge in [0.25, 0.3) is 0 Å². The molecule has 0 amide bonds. The molecule has 0 spiro atoms. The maximum atomic E-state index is 5.60. The Kier molecular flexibility index (Phi) is 4.97. The van der Waals surface area contributed by atoms with Crippen molar-refractivity contribution in [1.29, 1.82) is 0 Å². The normalized spacial score (nSPS) is 22.2. The predicted octanol–water partition coefficient (Wildman–Crippen LogP) is 3.18. The molecule has 25 heavy (non-hydrogen) atoms. The van der Waals surface area contributed by atoms with Crippen LogP contribution in [0.5, 0.6) is 0 Å². The third-order valence-corrected chi connectivity index (χ3v) is 6.94. The summed E-state index contributed by atoms with van der Waals surface area (Å²) in [5, 5.41) is 9.18. The minimum Gasteiger partial charge on any atom is -0.379 e. The second kappa shape index (κ2) is 7.21. The number of morpholine rings is 1. The molecule has 2 aliphatic rings. The molecular weight excluding hydrogens is 334 g/mol. The number of hydrogen-bond acceptors (Lipinski definition) is 6. The van der Waals surface area contributed by atoms with Crippen LogP contribution in [0.2, 0.25) is 0 Å². The summed E-state index contributed by atoms with van der Waals surface area (Å²) in [6.07, 6.45) is 7.98. The molecule has 1 saturated heterocycles. The Morgan fingerprint density at radius 2 is 1.88 bits per heavy atom. The maximum absolute atomic E-state index is 5.60. The van der Waals surface area contributed by atoms with E-state index in [0.29, 0.717) is 0 Å². The lowest BCUT2D eigenvalue weighted by Gasteiger charge is -2.45. The van der Waals surface area contributed by atoms with Gasteiger partial charge >= 0.3 is 0 Å². The Balaban J connectivity index is 1.53. The monoisotopic (exact) mass is 363 g/mol. The highest BCUT2D eigenvalue weighted by Crippen LogP contribution is 2.35. The van der Waals surface area contributed by atoms with Crippen LogP contribution >= 0.6 is 11.3 Å². The summed E-state index contributed by atoms with van der Waals surface area (Å²) in [5.41, 5.74) is 2.32. The van der Waals surface area contributed by atoms with Crippen molar-refractivity contribution in [2.24, 2.45) is 7.05 Å². The average Bonchev–Trinajstić information content (AvgIpc) is 3.06. The highest BCUT2D eigenvalue weighted by Gasteiger charge is 2.37. The molecule has 138 valence electrons. The van der Waals surface area contributed by atoms with Crippen molar-refractivity contribution in [3.05, 3.63) is 5.69 Å². The topological polar surface area (TPSA) is 55.2 Å². The Morgan fingerprint density at radius 3 is 2.56 bits per heavy atom. The molecule has 2 aromatic rings. The Hall–Kier alpha value is -1.18. The van der Waals surface area contributed by atoms with Crippen LogP contribution in [0.25, 0.3) is 10.3 Å². The zero-order valence-corrected chi connectivity index (χ0v) is 16.2. The molecule has 2 fully saturated rings. The number of fused-ring (bicyclic) bond motifs is 1. The second-order valence-electron chi connectivity index (χ2n) is 7.47. The molecule has 7 heteroatoms. The van der Waals surface area contributed by atoms with Crippen molar-refractivity contribution in [1.82, 2.24) is 19.7 Å². The van der Waals surface area contributed by atoms with E-state index >= 15 is 0 Å². The first-order chi connectivity index (χ1) is 12.2. The number of ether oxygens (including phenoxy) is 1. The van der Waals surface area contributed by atoms with Crippen LogP contribution in [0.4, 0.5) is 5.13 Å². The standard InChI is InChI=1S/C18H29N5OS/c1-14-15-16(22(2)21-14)20-17(25-15)19-13-18(7-5-3-4-6-8-18)23-9-11-24-12-10-23/h3-13H2,1-2H3,(H,19,20). The van der Waals surface area contributed by atoms with E-state index < -0.39 is 0 Å². The number of anilines is 1. The van der Waals surface area contributed by atoms with E-state index in [4.69, 9.17) is 9.72 Å². The zero-order chi connectivity index (χ0) is 17.3. The lowest BCUT2D eigenvalue weighted by atomic mass is 9.87. The zero-order valence-electron chi connectivity index (χ0n) is 15.4. The van der Waals surface area contributed by atoms with E-state index in [1.165, 1.54) is 43.2 Å². The lowest BCUT2D eigenvalue weighted by molar-refractivity contribution is -0.0240. The number of hydrogen-bond donors (Lipinski definition) is 1. The van der Waals surface area contributed by atoms with Crippen LogP contribution in [0, 0.1) is 6.92 Å². The molecule has 1 saturated carbocycles. The van der Waals surface area contributed by atoms with Crippen molar-refractivity contribution in [3.8, 4) is 0 Å². The molecule has 4 rings (SSSR count). The molecule has 1 aliphatic heterocycles. The van der Waals surface area contributed by atoms with Gasteiger partial charge in [0.1, 0.15) is 0 Å². The smallest absolute Gasteiger partial charge is 0.185 e. The largest absolute Gasteiger partial charge is 0.379 e. The lowest BCUT2D eigenvalue weighted by Crippen LogP contribution is -2.56. The number of aryl methyl sites for hydroxylation is 2.